The summed E-state index contributed by atoms with van der Waals surface area (Å²) in [5, 5.41) is 1.01. The first-order chi connectivity index (χ1) is 14.5. The molecule has 1 aliphatic rings. The van der Waals surface area contributed by atoms with Crippen LogP contribution in [0.4, 0.5) is 4.39 Å². The fourth-order valence-corrected chi connectivity index (χ4v) is 4.84. The topological polar surface area (TPSA) is 26.4 Å². The number of Topliss-reactive ketones (excluding diaryl/α,β-unsaturated/α-hetero) is 1. The van der Waals surface area contributed by atoms with E-state index in [1.165, 1.54) is 12.1 Å². The quantitative estimate of drug-likeness (QED) is 0.313. The van der Waals surface area contributed by atoms with Gasteiger partial charge in [-0.3, -0.25) is 9.20 Å². The van der Waals surface area contributed by atoms with E-state index in [-0.39, 0.29) is 11.6 Å². The van der Waals surface area contributed by atoms with Crippen molar-refractivity contribution in [3.05, 3.63) is 75.8 Å². The van der Waals surface area contributed by atoms with Crippen LogP contribution in [0.25, 0.3) is 28.0 Å². The SMILES string of the molecule is CC(=O)c1c(-c2ccc(F)cc2)c2c3n(c(-c4ccc(Cl)c(Cl)c4)cn13)CCCC2. The highest BCUT2D eigenvalue weighted by Gasteiger charge is 2.28. The smallest absolute Gasteiger partial charge is 0.177 e. The Hall–Kier alpha value is -2.56. The lowest BCUT2D eigenvalue weighted by Crippen LogP contribution is -2.00. The molecule has 1 aliphatic heterocycles. The summed E-state index contributed by atoms with van der Waals surface area (Å²) >= 11 is 12.4. The molecule has 0 unspecified atom stereocenters. The summed E-state index contributed by atoms with van der Waals surface area (Å²) in [5.41, 5.74) is 6.53. The molecular formula is C24H19Cl2FN2O. The molecule has 3 nitrogen and oxygen atoms in total. The molecule has 5 rings (SSSR count). The maximum atomic E-state index is 13.5. The molecule has 152 valence electrons. The first-order valence-corrected chi connectivity index (χ1v) is 10.7. The number of hydrogen-bond donors (Lipinski definition) is 0. The minimum Gasteiger partial charge on any atom is -0.325 e. The van der Waals surface area contributed by atoms with Gasteiger partial charge in [0.25, 0.3) is 0 Å². The van der Waals surface area contributed by atoms with E-state index in [0.29, 0.717) is 15.7 Å². The van der Waals surface area contributed by atoms with Crippen molar-refractivity contribution in [3.8, 4) is 22.4 Å². The van der Waals surface area contributed by atoms with Crippen LogP contribution in [-0.4, -0.2) is 14.8 Å². The van der Waals surface area contributed by atoms with Crippen LogP contribution in [0.5, 0.6) is 0 Å². The largest absolute Gasteiger partial charge is 0.325 e. The van der Waals surface area contributed by atoms with E-state index >= 15 is 0 Å². The number of halogens is 3. The average Bonchev–Trinajstić information content (AvgIpc) is 3.13. The highest BCUT2D eigenvalue weighted by Crippen LogP contribution is 2.40. The van der Waals surface area contributed by atoms with Crippen LogP contribution in [0, 0.1) is 5.82 Å². The van der Waals surface area contributed by atoms with Crippen LogP contribution in [0.1, 0.15) is 35.8 Å². The van der Waals surface area contributed by atoms with E-state index in [4.69, 9.17) is 23.2 Å². The van der Waals surface area contributed by atoms with Crippen molar-refractivity contribution in [2.75, 3.05) is 0 Å². The number of nitrogens with zero attached hydrogens (tertiary/aromatic N) is 2. The normalized spacial score (nSPS) is 13.6. The van der Waals surface area contributed by atoms with Gasteiger partial charge in [-0.05, 0) is 49.1 Å². The second-order valence-corrected chi connectivity index (χ2v) is 8.53. The number of carbonyl (C=O) groups is 1. The Balaban J connectivity index is 1.84. The number of carbonyl (C=O) groups excluding carboxylic acids is 1. The van der Waals surface area contributed by atoms with Gasteiger partial charge in [0.1, 0.15) is 11.5 Å². The number of rotatable bonds is 3. The number of ketones is 1. The second kappa shape index (κ2) is 7.29. The zero-order chi connectivity index (χ0) is 21.0. The number of imidazole rings is 1. The van der Waals surface area contributed by atoms with Crippen LogP contribution in [-0.2, 0) is 13.0 Å². The molecule has 0 saturated heterocycles. The summed E-state index contributed by atoms with van der Waals surface area (Å²) in [6.45, 7) is 2.43. The number of aromatic nitrogens is 2. The molecule has 4 aromatic rings. The van der Waals surface area contributed by atoms with Gasteiger partial charge in [0.15, 0.2) is 5.78 Å². The van der Waals surface area contributed by atoms with Gasteiger partial charge in [-0.1, -0.05) is 41.4 Å². The Bertz CT molecular complexity index is 1300. The first-order valence-electron chi connectivity index (χ1n) is 9.94. The van der Waals surface area contributed by atoms with Gasteiger partial charge in [-0.2, -0.15) is 0 Å². The van der Waals surface area contributed by atoms with E-state index in [1.807, 2.05) is 22.7 Å². The number of aryl methyl sites for hydroxylation is 2. The molecule has 0 spiro atoms. The Morgan fingerprint density at radius 3 is 2.43 bits per heavy atom. The number of benzene rings is 2. The zero-order valence-electron chi connectivity index (χ0n) is 16.4. The van der Waals surface area contributed by atoms with Crippen molar-refractivity contribution in [1.82, 2.24) is 8.97 Å². The van der Waals surface area contributed by atoms with Crippen LogP contribution in [0.2, 0.25) is 10.0 Å². The highest BCUT2D eigenvalue weighted by atomic mass is 35.5. The predicted molar refractivity (Wildman–Crippen MR) is 119 cm³/mol. The van der Waals surface area contributed by atoms with Crippen LogP contribution < -0.4 is 0 Å². The van der Waals surface area contributed by atoms with Crippen molar-refractivity contribution in [2.24, 2.45) is 0 Å². The molecule has 0 radical (unpaired) electrons. The molecule has 0 aliphatic carbocycles. The van der Waals surface area contributed by atoms with Gasteiger partial charge >= 0.3 is 0 Å². The maximum absolute atomic E-state index is 13.5. The average molecular weight is 441 g/mol. The monoisotopic (exact) mass is 440 g/mol. The number of hydrogen-bond acceptors (Lipinski definition) is 1. The van der Waals surface area contributed by atoms with Crippen molar-refractivity contribution in [3.63, 3.8) is 0 Å². The molecule has 6 heteroatoms. The third kappa shape index (κ3) is 2.98. The van der Waals surface area contributed by atoms with E-state index in [0.717, 1.165) is 59.4 Å². The lowest BCUT2D eigenvalue weighted by Gasteiger charge is -2.09. The van der Waals surface area contributed by atoms with Gasteiger partial charge in [0, 0.05) is 36.4 Å². The zero-order valence-corrected chi connectivity index (χ0v) is 17.9. The third-order valence-corrected chi connectivity index (χ3v) is 6.55. The molecule has 3 heterocycles. The molecule has 0 N–H and O–H groups in total. The molecule has 0 atom stereocenters. The van der Waals surface area contributed by atoms with Crippen molar-refractivity contribution in [1.29, 1.82) is 0 Å². The van der Waals surface area contributed by atoms with Gasteiger partial charge < -0.3 is 4.57 Å². The van der Waals surface area contributed by atoms with E-state index < -0.39 is 0 Å². The molecular weight excluding hydrogens is 422 g/mol. The van der Waals surface area contributed by atoms with Crippen molar-refractivity contribution >= 4 is 34.6 Å². The maximum Gasteiger partial charge on any atom is 0.177 e. The molecule has 0 saturated carbocycles. The Morgan fingerprint density at radius 2 is 1.73 bits per heavy atom. The van der Waals surface area contributed by atoms with E-state index in [1.54, 1.807) is 25.1 Å². The molecule has 0 amide bonds. The summed E-state index contributed by atoms with van der Waals surface area (Å²) in [6, 6.07) is 12.0. The second-order valence-electron chi connectivity index (χ2n) is 7.71. The minimum absolute atomic E-state index is 0.0195. The lowest BCUT2D eigenvalue weighted by atomic mass is 9.97. The van der Waals surface area contributed by atoms with E-state index in [9.17, 15) is 9.18 Å². The summed E-state index contributed by atoms with van der Waals surface area (Å²) in [5.74, 6) is -0.307. The van der Waals surface area contributed by atoms with Gasteiger partial charge in [-0.15, -0.1) is 0 Å². The molecule has 2 aromatic carbocycles. The Labute approximate surface area is 183 Å². The van der Waals surface area contributed by atoms with Gasteiger partial charge in [0.2, 0.25) is 0 Å². The molecule has 30 heavy (non-hydrogen) atoms. The Kier molecular flexibility index (Phi) is 4.72. The fourth-order valence-electron chi connectivity index (χ4n) is 4.55. The van der Waals surface area contributed by atoms with E-state index in [2.05, 4.69) is 4.57 Å². The summed E-state index contributed by atoms with van der Waals surface area (Å²) in [7, 11) is 0. The highest BCUT2D eigenvalue weighted by molar-refractivity contribution is 6.42. The molecule has 0 bridgehead atoms. The third-order valence-electron chi connectivity index (χ3n) is 5.82. The molecule has 2 aromatic heterocycles. The standard InChI is InChI=1S/C24H19Cl2FN2O/c1-14(30)23-22(15-5-8-17(27)9-6-15)18-4-2-3-11-28-21(13-29(23)24(18)28)16-7-10-19(25)20(26)12-16/h5-10,12-13H,2-4,11H2,1H3. The summed E-state index contributed by atoms with van der Waals surface area (Å²) < 4.78 is 17.8. The van der Waals surface area contributed by atoms with Crippen molar-refractivity contribution in [2.45, 2.75) is 32.7 Å². The van der Waals surface area contributed by atoms with Crippen LogP contribution in [0.3, 0.4) is 0 Å². The van der Waals surface area contributed by atoms with Gasteiger partial charge in [-0.25, -0.2) is 4.39 Å². The minimum atomic E-state index is -0.288. The first kappa shape index (κ1) is 19.4. The molecule has 0 fully saturated rings. The lowest BCUT2D eigenvalue weighted by molar-refractivity contribution is 0.101. The summed E-state index contributed by atoms with van der Waals surface area (Å²) in [4.78, 5) is 12.8. The van der Waals surface area contributed by atoms with Gasteiger partial charge in [0.05, 0.1) is 21.4 Å². The van der Waals surface area contributed by atoms with Crippen LogP contribution in [0.15, 0.2) is 48.7 Å². The Morgan fingerprint density at radius 1 is 1.00 bits per heavy atom. The van der Waals surface area contributed by atoms with Crippen molar-refractivity contribution < 1.29 is 9.18 Å². The van der Waals surface area contributed by atoms with Crippen LogP contribution >= 0.6 is 23.2 Å². The predicted octanol–water partition coefficient (Wildman–Crippen LogP) is 7.06. The fraction of sp³-hybridized carbons (Fsp3) is 0.208. The summed E-state index contributed by atoms with van der Waals surface area (Å²) in [6.07, 6.45) is 4.93.